The number of rotatable bonds is 6. The summed E-state index contributed by atoms with van der Waals surface area (Å²) in [5.41, 5.74) is 18.6. The molecular weight excluding hydrogens is 622 g/mol. The van der Waals surface area contributed by atoms with Gasteiger partial charge < -0.3 is 33.6 Å². The van der Waals surface area contributed by atoms with E-state index in [0.29, 0.717) is 0 Å². The van der Waals surface area contributed by atoms with Crippen molar-refractivity contribution in [1.82, 2.24) is 0 Å². The predicted molar refractivity (Wildman–Crippen MR) is 143 cm³/mol. The molecule has 0 atom stereocenters. The van der Waals surface area contributed by atoms with E-state index in [4.69, 9.17) is 40.5 Å². The van der Waals surface area contributed by atoms with E-state index in [2.05, 4.69) is 31.0 Å². The van der Waals surface area contributed by atoms with Gasteiger partial charge in [0.25, 0.3) is 11.8 Å². The highest BCUT2D eigenvalue weighted by Crippen LogP contribution is 2.30. The third-order valence-corrected chi connectivity index (χ3v) is 3.66. The van der Waals surface area contributed by atoms with E-state index in [-0.39, 0.29) is 23.3 Å². The normalized spacial score (nSPS) is 11.3. The van der Waals surface area contributed by atoms with E-state index in [1.54, 1.807) is 0 Å². The Bertz CT molecular complexity index is 1330. The van der Waals surface area contributed by atoms with Crippen molar-refractivity contribution in [3.05, 3.63) is 59.7 Å². The molecule has 0 unspecified atom stereocenters. The van der Waals surface area contributed by atoms with Gasteiger partial charge in [-0.1, -0.05) is 0 Å². The lowest BCUT2D eigenvalue weighted by Gasteiger charge is -2.07. The first-order chi connectivity index (χ1) is 19.6. The van der Waals surface area contributed by atoms with Crippen molar-refractivity contribution in [3.63, 3.8) is 0 Å². The first-order valence-corrected chi connectivity index (χ1v) is 11.9. The number of guanidine groups is 2. The molecule has 0 aliphatic rings. The summed E-state index contributed by atoms with van der Waals surface area (Å²) in [5, 5.41) is 17.4. The van der Waals surface area contributed by atoms with Crippen LogP contribution in [-0.4, -0.2) is 53.7 Å². The molecule has 2 amide bonds. The summed E-state index contributed by atoms with van der Waals surface area (Å²) in [4.78, 5) is 22.5. The van der Waals surface area contributed by atoms with Crippen LogP contribution in [0.25, 0.3) is 0 Å². The molecule has 12 N–H and O–H groups in total. The lowest BCUT2D eigenvalue weighted by atomic mass is 10.2. The SMILES string of the molecule is NC(N)=NN=CC(=O)Nc1ccc(C(F)(F)F)cc1.NC(N)=NN=CC(=O)Nc1ccc(C(F)(F)F)cc1.O=S(=O)(O)O. The zero-order valence-corrected chi connectivity index (χ0v) is 21.9. The Balaban J connectivity index is 0.000000709. The Morgan fingerprint density at radius 3 is 1.12 bits per heavy atom. The van der Waals surface area contributed by atoms with E-state index in [9.17, 15) is 35.9 Å². The number of nitrogens with zero attached hydrogens (tertiary/aromatic N) is 4. The van der Waals surface area contributed by atoms with Gasteiger partial charge in [0.05, 0.1) is 11.1 Å². The first kappa shape index (κ1) is 37.7. The van der Waals surface area contributed by atoms with Gasteiger partial charge in [-0.3, -0.25) is 18.7 Å². The Morgan fingerprint density at radius 1 is 0.651 bits per heavy atom. The second-order valence-electron chi connectivity index (χ2n) is 7.12. The molecule has 0 fully saturated rings. The van der Waals surface area contributed by atoms with Crippen molar-refractivity contribution >= 4 is 57.9 Å². The van der Waals surface area contributed by atoms with Gasteiger partial charge in [0, 0.05) is 11.4 Å². The highest BCUT2D eigenvalue weighted by atomic mass is 32.3. The van der Waals surface area contributed by atoms with Gasteiger partial charge in [-0.25, -0.2) is 0 Å². The molecule has 0 aliphatic carbocycles. The molecule has 2 aromatic rings. The number of amides is 2. The number of hydrogen-bond donors (Lipinski definition) is 8. The number of carbonyl (C=O) groups excluding carboxylic acids is 2. The van der Waals surface area contributed by atoms with Crippen molar-refractivity contribution < 1.29 is 53.5 Å². The lowest BCUT2D eigenvalue weighted by Crippen LogP contribution is -2.22. The fourth-order valence-corrected chi connectivity index (χ4v) is 2.13. The predicted octanol–water partition coefficient (Wildman–Crippen LogP) is 1.15. The van der Waals surface area contributed by atoms with Gasteiger partial charge in [0.2, 0.25) is 11.9 Å². The third-order valence-electron chi connectivity index (χ3n) is 3.66. The lowest BCUT2D eigenvalue weighted by molar-refractivity contribution is -0.138. The fraction of sp³-hybridized carbons (Fsp3) is 0.100. The Kier molecular flexibility index (Phi) is 14.8. The number of benzene rings is 2. The van der Waals surface area contributed by atoms with Crippen LogP contribution in [0, 0.1) is 0 Å². The molecule has 0 bridgehead atoms. The third kappa shape index (κ3) is 20.3. The van der Waals surface area contributed by atoms with Gasteiger partial charge in [0.15, 0.2) is 0 Å². The molecule has 0 spiro atoms. The maximum Gasteiger partial charge on any atom is 0.416 e. The highest BCUT2D eigenvalue weighted by Gasteiger charge is 2.30. The van der Waals surface area contributed by atoms with Gasteiger partial charge in [0.1, 0.15) is 12.4 Å². The Labute approximate surface area is 237 Å². The van der Waals surface area contributed by atoms with E-state index in [1.165, 1.54) is 0 Å². The minimum atomic E-state index is -4.67. The average molecular weight is 645 g/mol. The zero-order chi connectivity index (χ0) is 33.4. The zero-order valence-electron chi connectivity index (χ0n) is 21.1. The van der Waals surface area contributed by atoms with Gasteiger partial charge in [-0.2, -0.15) is 34.8 Å². The Hall–Kier alpha value is -5.29. The molecule has 2 aromatic carbocycles. The average Bonchev–Trinajstić information content (AvgIpc) is 2.82. The minimum absolute atomic E-state index is 0.189. The molecule has 2 rings (SSSR count). The van der Waals surface area contributed by atoms with Crippen LogP contribution >= 0.6 is 0 Å². The maximum atomic E-state index is 12.3. The largest absolute Gasteiger partial charge is 0.416 e. The smallest absolute Gasteiger partial charge is 0.369 e. The van der Waals surface area contributed by atoms with Gasteiger partial charge in [-0.05, 0) is 48.5 Å². The molecule has 0 saturated heterocycles. The number of carbonyl (C=O) groups is 2. The quantitative estimate of drug-likeness (QED) is 0.0730. The molecular formula is C20H22F6N10O6S. The highest BCUT2D eigenvalue weighted by molar-refractivity contribution is 7.79. The summed E-state index contributed by atoms with van der Waals surface area (Å²) >= 11 is 0. The van der Waals surface area contributed by atoms with Crippen molar-refractivity contribution in [3.8, 4) is 0 Å². The van der Waals surface area contributed by atoms with Crippen LogP contribution in [0.15, 0.2) is 68.9 Å². The van der Waals surface area contributed by atoms with Crippen molar-refractivity contribution in [2.75, 3.05) is 10.6 Å². The minimum Gasteiger partial charge on any atom is -0.369 e. The number of hydrogen-bond acceptors (Lipinski definition) is 8. The monoisotopic (exact) mass is 644 g/mol. The summed E-state index contributed by atoms with van der Waals surface area (Å²) in [6, 6.07) is 7.88. The molecule has 236 valence electrons. The van der Waals surface area contributed by atoms with E-state index < -0.39 is 45.7 Å². The van der Waals surface area contributed by atoms with E-state index in [0.717, 1.165) is 61.0 Å². The second kappa shape index (κ2) is 16.8. The molecule has 0 radical (unpaired) electrons. The second-order valence-corrected chi connectivity index (χ2v) is 8.01. The van der Waals surface area contributed by atoms with Gasteiger partial charge in [-0.15, -0.1) is 20.4 Å². The van der Waals surface area contributed by atoms with Crippen LogP contribution < -0.4 is 33.6 Å². The molecule has 0 aliphatic heterocycles. The fourth-order valence-electron chi connectivity index (χ4n) is 2.13. The van der Waals surface area contributed by atoms with Crippen molar-refractivity contribution in [2.45, 2.75) is 12.4 Å². The standard InChI is InChI=1S/2C10H10F3N5O.H2O4S/c2*11-10(12,13)6-1-3-7(4-2-6)17-8(19)5-16-18-9(14)15;1-5(2,3)4/h2*1-5H,(H,17,19)(H4,14,15,18);(H2,1,2,3,4). The number of nitrogens with two attached hydrogens (primary N) is 4. The van der Waals surface area contributed by atoms with Crippen LogP contribution in [0.3, 0.4) is 0 Å². The molecule has 0 heterocycles. The summed E-state index contributed by atoms with van der Waals surface area (Å²) in [6.07, 6.45) is -7.26. The Morgan fingerprint density at radius 2 is 0.907 bits per heavy atom. The summed E-state index contributed by atoms with van der Waals surface area (Å²) in [6.45, 7) is 0. The molecule has 0 saturated carbocycles. The summed E-state index contributed by atoms with van der Waals surface area (Å²) in [5.74, 6) is -1.99. The van der Waals surface area contributed by atoms with E-state index in [1.807, 2.05) is 0 Å². The van der Waals surface area contributed by atoms with Gasteiger partial charge >= 0.3 is 22.8 Å². The first-order valence-electron chi connectivity index (χ1n) is 10.5. The number of halogens is 6. The van der Waals surface area contributed by atoms with Crippen LogP contribution in [0.2, 0.25) is 0 Å². The van der Waals surface area contributed by atoms with Crippen molar-refractivity contribution in [2.24, 2.45) is 43.3 Å². The molecule has 43 heavy (non-hydrogen) atoms. The number of anilines is 2. The molecule has 0 aromatic heterocycles. The van der Waals surface area contributed by atoms with Crippen LogP contribution in [0.4, 0.5) is 37.7 Å². The van der Waals surface area contributed by atoms with Crippen LogP contribution in [0.1, 0.15) is 11.1 Å². The van der Waals surface area contributed by atoms with Crippen LogP contribution in [0.5, 0.6) is 0 Å². The van der Waals surface area contributed by atoms with Crippen LogP contribution in [-0.2, 0) is 32.3 Å². The summed E-state index contributed by atoms with van der Waals surface area (Å²) in [7, 11) is -4.67. The maximum absolute atomic E-state index is 12.3. The number of nitrogens with one attached hydrogen (secondary N) is 2. The topological polar surface area (TPSA) is 286 Å². The number of alkyl halides is 6. The molecule has 16 nitrogen and oxygen atoms in total. The van der Waals surface area contributed by atoms with Crippen molar-refractivity contribution in [1.29, 1.82) is 0 Å². The summed E-state index contributed by atoms with van der Waals surface area (Å²) < 4.78 is 105. The van der Waals surface area contributed by atoms with E-state index >= 15 is 0 Å². The molecule has 23 heteroatoms.